The number of hydrogen-bond donors (Lipinski definition) is 2. The maximum absolute atomic E-state index is 10.5. The van der Waals surface area contributed by atoms with Crippen LogP contribution in [-0.2, 0) is 19.1 Å². The number of carbonyl (C=O) groups excluding carboxylic acids is 1. The fourth-order valence-electron chi connectivity index (χ4n) is 1.78. The van der Waals surface area contributed by atoms with E-state index in [9.17, 15) is 14.4 Å². The molecule has 0 amide bonds. The van der Waals surface area contributed by atoms with Crippen LogP contribution in [0, 0.1) is 5.92 Å². The lowest BCUT2D eigenvalue weighted by atomic mass is 9.92. The maximum Gasteiger partial charge on any atom is 0.330 e. The number of carboxylic acid groups (broad SMARTS) is 2. The van der Waals surface area contributed by atoms with E-state index in [-0.39, 0.29) is 6.42 Å². The number of unbranched alkanes of at least 4 members (excludes halogenated alkanes) is 1. The van der Waals surface area contributed by atoms with Gasteiger partial charge in [0.2, 0.25) is 0 Å². The molecule has 0 saturated carbocycles. The minimum absolute atomic E-state index is 0.0572. The minimum atomic E-state index is -1.09. The van der Waals surface area contributed by atoms with Crippen LogP contribution in [0.2, 0.25) is 0 Å². The Morgan fingerprint density at radius 1 is 1.21 bits per heavy atom. The molecule has 0 rings (SSSR count). The van der Waals surface area contributed by atoms with Crippen LogP contribution in [0.15, 0.2) is 37.1 Å². The van der Waals surface area contributed by atoms with Crippen LogP contribution in [0.5, 0.6) is 0 Å². The van der Waals surface area contributed by atoms with E-state index < -0.39 is 17.9 Å². The molecule has 0 saturated heterocycles. The second-order valence-corrected chi connectivity index (χ2v) is 5.13. The predicted molar refractivity (Wildman–Crippen MR) is 92.4 cm³/mol. The van der Waals surface area contributed by atoms with Gasteiger partial charge >= 0.3 is 17.9 Å². The average Bonchev–Trinajstić information content (AvgIpc) is 2.51. The molecule has 24 heavy (non-hydrogen) atoms. The maximum atomic E-state index is 10.5. The Morgan fingerprint density at radius 3 is 2.25 bits per heavy atom. The van der Waals surface area contributed by atoms with Crippen molar-refractivity contribution in [3.05, 3.63) is 37.1 Å². The van der Waals surface area contributed by atoms with E-state index in [1.807, 2.05) is 0 Å². The van der Waals surface area contributed by atoms with Gasteiger partial charge in [0.25, 0.3) is 0 Å². The van der Waals surface area contributed by atoms with Gasteiger partial charge in [-0.2, -0.15) is 0 Å². The van der Waals surface area contributed by atoms with Crippen LogP contribution in [0.4, 0.5) is 0 Å². The van der Waals surface area contributed by atoms with Crippen molar-refractivity contribution in [2.45, 2.75) is 52.4 Å². The molecule has 0 spiro atoms. The van der Waals surface area contributed by atoms with Crippen molar-refractivity contribution in [2.24, 2.45) is 5.92 Å². The van der Waals surface area contributed by atoms with Gasteiger partial charge in [0.1, 0.15) is 0 Å². The fraction of sp³-hybridized carbons (Fsp3) is 0.500. The zero-order chi connectivity index (χ0) is 19.0. The normalized spacial score (nSPS) is 11.1. The van der Waals surface area contributed by atoms with Crippen molar-refractivity contribution in [3.8, 4) is 0 Å². The first kappa shape index (κ1) is 23.9. The first-order valence-electron chi connectivity index (χ1n) is 7.89. The first-order valence-corrected chi connectivity index (χ1v) is 7.89. The Balaban J connectivity index is 0. The SMILES string of the molecule is C=C(CC(CC)CCCC)C(=O)O.C=COC(=O)CC=CC(=O)O. The molecule has 0 radical (unpaired) electrons. The summed E-state index contributed by atoms with van der Waals surface area (Å²) in [5, 5.41) is 16.7. The summed E-state index contributed by atoms with van der Waals surface area (Å²) in [6.45, 7) is 11.0. The lowest BCUT2D eigenvalue weighted by Crippen LogP contribution is -2.06. The summed E-state index contributed by atoms with van der Waals surface area (Å²) in [5.41, 5.74) is 0.350. The number of aliphatic carboxylic acids is 2. The van der Waals surface area contributed by atoms with Crippen LogP contribution in [0.1, 0.15) is 52.4 Å². The second-order valence-electron chi connectivity index (χ2n) is 5.13. The molecule has 0 heterocycles. The van der Waals surface area contributed by atoms with Crippen molar-refractivity contribution in [1.29, 1.82) is 0 Å². The van der Waals surface area contributed by atoms with Crippen LogP contribution < -0.4 is 0 Å². The molecule has 1 unspecified atom stereocenters. The van der Waals surface area contributed by atoms with Gasteiger partial charge in [-0.1, -0.05) is 58.8 Å². The van der Waals surface area contributed by atoms with E-state index in [0.29, 0.717) is 17.9 Å². The number of esters is 1. The molecule has 0 aromatic heterocycles. The Hall–Kier alpha value is -2.37. The number of carbonyl (C=O) groups is 3. The van der Waals surface area contributed by atoms with Gasteiger partial charge in [0.15, 0.2) is 0 Å². The van der Waals surface area contributed by atoms with E-state index in [2.05, 4.69) is 31.7 Å². The topological polar surface area (TPSA) is 101 Å². The third kappa shape index (κ3) is 16.0. The number of hydrogen-bond acceptors (Lipinski definition) is 4. The van der Waals surface area contributed by atoms with Gasteiger partial charge in [-0.3, -0.25) is 4.79 Å². The number of carboxylic acids is 2. The Labute approximate surface area is 143 Å². The summed E-state index contributed by atoms with van der Waals surface area (Å²) in [4.78, 5) is 30.9. The average molecular weight is 340 g/mol. The highest BCUT2D eigenvalue weighted by Crippen LogP contribution is 2.20. The third-order valence-electron chi connectivity index (χ3n) is 3.14. The number of rotatable bonds is 11. The van der Waals surface area contributed by atoms with Crippen molar-refractivity contribution in [1.82, 2.24) is 0 Å². The zero-order valence-corrected chi connectivity index (χ0v) is 14.5. The summed E-state index contributed by atoms with van der Waals surface area (Å²) in [6.07, 6.45) is 8.20. The highest BCUT2D eigenvalue weighted by Gasteiger charge is 2.11. The summed E-state index contributed by atoms with van der Waals surface area (Å²) in [6, 6.07) is 0. The van der Waals surface area contributed by atoms with Gasteiger partial charge in [-0.15, -0.1) is 0 Å². The molecule has 1 atom stereocenters. The number of ether oxygens (including phenoxy) is 1. The van der Waals surface area contributed by atoms with Crippen LogP contribution in [-0.4, -0.2) is 28.1 Å². The van der Waals surface area contributed by atoms with Crippen LogP contribution >= 0.6 is 0 Å². The largest absolute Gasteiger partial charge is 0.478 e. The molecule has 6 heteroatoms. The fourth-order valence-corrected chi connectivity index (χ4v) is 1.78. The molecule has 0 aromatic rings. The van der Waals surface area contributed by atoms with Gasteiger partial charge < -0.3 is 14.9 Å². The first-order chi connectivity index (χ1) is 11.3. The van der Waals surface area contributed by atoms with Crippen molar-refractivity contribution in [3.63, 3.8) is 0 Å². The molecule has 0 fully saturated rings. The highest BCUT2D eigenvalue weighted by atomic mass is 16.5. The summed E-state index contributed by atoms with van der Waals surface area (Å²) >= 11 is 0. The summed E-state index contributed by atoms with van der Waals surface area (Å²) in [7, 11) is 0. The van der Waals surface area contributed by atoms with Crippen molar-refractivity contribution < 1.29 is 29.3 Å². The van der Waals surface area contributed by atoms with E-state index in [0.717, 1.165) is 25.2 Å². The zero-order valence-electron chi connectivity index (χ0n) is 14.5. The van der Waals surface area contributed by atoms with E-state index in [1.165, 1.54) is 18.9 Å². The molecular weight excluding hydrogens is 312 g/mol. The molecule has 136 valence electrons. The standard InChI is InChI=1S/C11H20O2.C7H8O4/c1-4-6-7-10(5-2)8-9(3)11(12)13;1-2-11-7(10)5-3-4-6(8)9/h10H,3-8H2,1-2H3,(H,12,13);2-4H,1,5H2,(H,8,9). The van der Waals surface area contributed by atoms with Gasteiger partial charge in [0.05, 0.1) is 12.7 Å². The minimum Gasteiger partial charge on any atom is -0.478 e. The summed E-state index contributed by atoms with van der Waals surface area (Å²) < 4.78 is 4.30. The Bertz CT molecular complexity index is 450. The molecule has 0 bridgehead atoms. The van der Waals surface area contributed by atoms with E-state index in [4.69, 9.17) is 10.2 Å². The second kappa shape index (κ2) is 15.5. The molecular formula is C18H28O6. The van der Waals surface area contributed by atoms with Crippen molar-refractivity contribution in [2.75, 3.05) is 0 Å². The Morgan fingerprint density at radius 2 is 1.83 bits per heavy atom. The van der Waals surface area contributed by atoms with Gasteiger partial charge in [0, 0.05) is 11.6 Å². The van der Waals surface area contributed by atoms with E-state index >= 15 is 0 Å². The van der Waals surface area contributed by atoms with Gasteiger partial charge in [-0.25, -0.2) is 9.59 Å². The molecule has 0 aliphatic heterocycles. The van der Waals surface area contributed by atoms with Crippen LogP contribution in [0.25, 0.3) is 0 Å². The smallest absolute Gasteiger partial charge is 0.330 e. The lowest BCUT2D eigenvalue weighted by Gasteiger charge is -2.13. The van der Waals surface area contributed by atoms with Crippen LogP contribution in [0.3, 0.4) is 0 Å². The third-order valence-corrected chi connectivity index (χ3v) is 3.14. The van der Waals surface area contributed by atoms with Gasteiger partial charge in [-0.05, 0) is 12.3 Å². The quantitative estimate of drug-likeness (QED) is 0.336. The predicted octanol–water partition coefficient (Wildman–Crippen LogP) is 3.94. The molecule has 0 aromatic carbocycles. The Kier molecular flexibility index (Phi) is 15.5. The van der Waals surface area contributed by atoms with Crippen molar-refractivity contribution >= 4 is 17.9 Å². The molecule has 0 aliphatic rings. The molecule has 0 aliphatic carbocycles. The highest BCUT2D eigenvalue weighted by molar-refractivity contribution is 5.85. The molecule has 6 nitrogen and oxygen atoms in total. The molecule has 2 N–H and O–H groups in total. The lowest BCUT2D eigenvalue weighted by molar-refractivity contribution is -0.137. The van der Waals surface area contributed by atoms with E-state index in [1.54, 1.807) is 0 Å². The monoisotopic (exact) mass is 340 g/mol. The summed E-state index contributed by atoms with van der Waals surface area (Å²) in [5.74, 6) is -1.97.